The van der Waals surface area contributed by atoms with Gasteiger partial charge in [-0.1, -0.05) is 11.4 Å². The highest BCUT2D eigenvalue weighted by atomic mass is 32.2. The van der Waals surface area contributed by atoms with E-state index in [1.54, 1.807) is 11.8 Å². The van der Waals surface area contributed by atoms with Crippen molar-refractivity contribution in [2.24, 2.45) is 0 Å². The van der Waals surface area contributed by atoms with Crippen LogP contribution in [0, 0.1) is 0 Å². The predicted molar refractivity (Wildman–Crippen MR) is 66.6 cm³/mol. The first-order valence-electron chi connectivity index (χ1n) is 5.12. The molecule has 0 saturated carbocycles. The summed E-state index contributed by atoms with van der Waals surface area (Å²) in [4.78, 5) is 0. The summed E-state index contributed by atoms with van der Waals surface area (Å²) in [5.74, 6) is 1.85. The Morgan fingerprint density at radius 1 is 1.53 bits per heavy atom. The van der Waals surface area contributed by atoms with Crippen LogP contribution in [-0.2, 0) is 5.75 Å². The van der Waals surface area contributed by atoms with E-state index in [2.05, 4.69) is 21.8 Å². The number of aliphatic hydroxyl groups is 1. The van der Waals surface area contributed by atoms with E-state index in [0.29, 0.717) is 0 Å². The van der Waals surface area contributed by atoms with E-state index in [0.717, 1.165) is 41.6 Å². The fourth-order valence-electron chi connectivity index (χ4n) is 1.01. The number of aliphatic hydroxyl groups excluding tert-OH is 1. The Balaban J connectivity index is 2.29. The summed E-state index contributed by atoms with van der Waals surface area (Å²) in [5.41, 5.74) is 1.04. The van der Waals surface area contributed by atoms with Crippen LogP contribution in [0.25, 0.3) is 0 Å². The van der Waals surface area contributed by atoms with Crippen LogP contribution in [0.15, 0.2) is 0 Å². The largest absolute Gasteiger partial charge is 0.396 e. The van der Waals surface area contributed by atoms with Crippen molar-refractivity contribution >= 4 is 28.3 Å². The number of aromatic nitrogens is 2. The van der Waals surface area contributed by atoms with Gasteiger partial charge in [0, 0.05) is 30.4 Å². The molecule has 2 N–H and O–H groups in total. The van der Waals surface area contributed by atoms with Gasteiger partial charge in [-0.15, -0.1) is 5.10 Å². The van der Waals surface area contributed by atoms with Crippen LogP contribution in [0.4, 0.5) is 5.00 Å². The van der Waals surface area contributed by atoms with Gasteiger partial charge < -0.3 is 10.4 Å². The summed E-state index contributed by atoms with van der Waals surface area (Å²) >= 11 is 3.21. The lowest BCUT2D eigenvalue weighted by atomic mass is 10.4. The molecule has 0 atom stereocenters. The first kappa shape index (κ1) is 12.7. The summed E-state index contributed by atoms with van der Waals surface area (Å²) in [6.07, 6.45) is 1.95. The second kappa shape index (κ2) is 7.90. The Bertz CT molecular complexity index is 268. The van der Waals surface area contributed by atoms with Gasteiger partial charge in [0.2, 0.25) is 0 Å². The molecule has 86 valence electrons. The normalized spacial score (nSPS) is 10.5. The third-order valence-electron chi connectivity index (χ3n) is 1.78. The number of nitrogens with one attached hydrogen (secondary N) is 1. The summed E-state index contributed by atoms with van der Waals surface area (Å²) in [6, 6.07) is 0. The van der Waals surface area contributed by atoms with Gasteiger partial charge in [0.25, 0.3) is 0 Å². The molecule has 1 heterocycles. The molecule has 0 radical (unpaired) electrons. The topological polar surface area (TPSA) is 58.0 Å². The first-order valence-corrected chi connectivity index (χ1v) is 7.05. The highest BCUT2D eigenvalue weighted by Gasteiger charge is 2.06. The minimum Gasteiger partial charge on any atom is -0.396 e. The van der Waals surface area contributed by atoms with Crippen molar-refractivity contribution in [3.05, 3.63) is 5.69 Å². The zero-order valence-electron chi connectivity index (χ0n) is 8.90. The zero-order valence-corrected chi connectivity index (χ0v) is 10.5. The zero-order chi connectivity index (χ0) is 10.9. The maximum Gasteiger partial charge on any atom is 0.134 e. The van der Waals surface area contributed by atoms with Crippen LogP contribution >= 0.6 is 23.3 Å². The van der Waals surface area contributed by atoms with Crippen molar-refractivity contribution < 1.29 is 5.11 Å². The molecule has 0 aliphatic rings. The van der Waals surface area contributed by atoms with Gasteiger partial charge in [-0.2, -0.15) is 11.8 Å². The third kappa shape index (κ3) is 4.81. The molecule has 0 bridgehead atoms. The van der Waals surface area contributed by atoms with Crippen LogP contribution in [-0.4, -0.2) is 33.6 Å². The maximum atomic E-state index is 8.64. The first-order chi connectivity index (χ1) is 7.38. The van der Waals surface area contributed by atoms with E-state index in [4.69, 9.17) is 5.11 Å². The number of nitrogens with zero attached hydrogens (tertiary/aromatic N) is 2. The molecule has 6 heteroatoms. The van der Waals surface area contributed by atoms with E-state index in [9.17, 15) is 0 Å². The third-order valence-corrected chi connectivity index (χ3v) is 3.56. The van der Waals surface area contributed by atoms with Gasteiger partial charge in [-0.05, 0) is 18.6 Å². The fourth-order valence-corrected chi connectivity index (χ4v) is 2.58. The van der Waals surface area contributed by atoms with Gasteiger partial charge in [-0.3, -0.25) is 0 Å². The molecule has 0 unspecified atom stereocenters. The van der Waals surface area contributed by atoms with Crippen molar-refractivity contribution in [2.45, 2.75) is 25.5 Å². The number of anilines is 1. The lowest BCUT2D eigenvalue weighted by Crippen LogP contribution is -2.00. The SMILES string of the molecule is CCCNc1snnc1CSCCCO. The van der Waals surface area contributed by atoms with Gasteiger partial charge in [0.15, 0.2) is 0 Å². The summed E-state index contributed by atoms with van der Waals surface area (Å²) in [6.45, 7) is 3.37. The predicted octanol–water partition coefficient (Wildman–Crippen LogP) is 1.98. The van der Waals surface area contributed by atoms with Crippen molar-refractivity contribution in [1.82, 2.24) is 9.59 Å². The second-order valence-electron chi connectivity index (χ2n) is 3.11. The molecule has 1 rings (SSSR count). The van der Waals surface area contributed by atoms with Crippen LogP contribution in [0.5, 0.6) is 0 Å². The molecule has 0 fully saturated rings. The van der Waals surface area contributed by atoms with Gasteiger partial charge in [0.1, 0.15) is 10.7 Å². The highest BCUT2D eigenvalue weighted by Crippen LogP contribution is 2.22. The van der Waals surface area contributed by atoms with E-state index >= 15 is 0 Å². The number of hydrogen-bond donors (Lipinski definition) is 2. The smallest absolute Gasteiger partial charge is 0.134 e. The Morgan fingerprint density at radius 3 is 3.13 bits per heavy atom. The lowest BCUT2D eigenvalue weighted by Gasteiger charge is -2.02. The maximum absolute atomic E-state index is 8.64. The number of rotatable bonds is 8. The molecule has 0 aromatic carbocycles. The van der Waals surface area contributed by atoms with Crippen molar-refractivity contribution in [3.8, 4) is 0 Å². The van der Waals surface area contributed by atoms with Gasteiger partial charge >= 0.3 is 0 Å². The number of hydrogen-bond acceptors (Lipinski definition) is 6. The summed E-state index contributed by atoms with van der Waals surface area (Å²) < 4.78 is 3.94. The minimum absolute atomic E-state index is 0.267. The Hall–Kier alpha value is -0.330. The average Bonchev–Trinajstić information content (AvgIpc) is 2.69. The van der Waals surface area contributed by atoms with Gasteiger partial charge in [0.05, 0.1) is 0 Å². The summed E-state index contributed by atoms with van der Waals surface area (Å²) in [5, 5.41) is 17.1. The Labute approximate surface area is 98.6 Å². The molecule has 4 nitrogen and oxygen atoms in total. The molecule has 15 heavy (non-hydrogen) atoms. The summed E-state index contributed by atoms with van der Waals surface area (Å²) in [7, 11) is 0. The minimum atomic E-state index is 0.267. The standard InChI is InChI=1S/C9H17N3OS2/c1-2-4-10-9-8(11-12-15-9)7-14-6-3-5-13/h10,13H,2-7H2,1H3. The molecule has 0 amide bonds. The van der Waals surface area contributed by atoms with E-state index in [-0.39, 0.29) is 6.61 Å². The second-order valence-corrected chi connectivity index (χ2v) is 4.96. The monoisotopic (exact) mass is 247 g/mol. The highest BCUT2D eigenvalue weighted by molar-refractivity contribution is 7.98. The van der Waals surface area contributed by atoms with E-state index < -0.39 is 0 Å². The van der Waals surface area contributed by atoms with Crippen LogP contribution in [0.1, 0.15) is 25.5 Å². The van der Waals surface area contributed by atoms with Crippen LogP contribution in [0.3, 0.4) is 0 Å². The molecule has 0 aliphatic heterocycles. The quantitative estimate of drug-likeness (QED) is 0.688. The molecule has 0 saturated heterocycles. The van der Waals surface area contributed by atoms with Gasteiger partial charge in [-0.25, -0.2) is 0 Å². The molecule has 0 aliphatic carbocycles. The van der Waals surface area contributed by atoms with Crippen LogP contribution < -0.4 is 5.32 Å². The van der Waals surface area contributed by atoms with Crippen LogP contribution in [0.2, 0.25) is 0 Å². The molecular formula is C9H17N3OS2. The molecule has 1 aromatic heterocycles. The fraction of sp³-hybridized carbons (Fsp3) is 0.778. The average molecular weight is 247 g/mol. The molecule has 1 aromatic rings. The molecule has 0 spiro atoms. The van der Waals surface area contributed by atoms with Crippen molar-refractivity contribution in [2.75, 3.05) is 24.2 Å². The lowest BCUT2D eigenvalue weighted by molar-refractivity contribution is 0.296. The Morgan fingerprint density at radius 2 is 2.40 bits per heavy atom. The Kier molecular flexibility index (Phi) is 6.71. The van der Waals surface area contributed by atoms with Crippen molar-refractivity contribution in [3.63, 3.8) is 0 Å². The van der Waals surface area contributed by atoms with E-state index in [1.807, 2.05) is 0 Å². The number of thioether (sulfide) groups is 1. The molecular weight excluding hydrogens is 230 g/mol. The van der Waals surface area contributed by atoms with Crippen molar-refractivity contribution in [1.29, 1.82) is 0 Å². The van der Waals surface area contributed by atoms with E-state index in [1.165, 1.54) is 11.5 Å².